The van der Waals surface area contributed by atoms with E-state index in [4.69, 9.17) is 5.11 Å². The second kappa shape index (κ2) is 5.33. The maximum absolute atomic E-state index is 10.3. The molecule has 11 heavy (non-hydrogen) atoms. The van der Waals surface area contributed by atoms with Gasteiger partial charge in [0.15, 0.2) is 0 Å². The molecule has 6 heteroatoms. The maximum atomic E-state index is 10.3. The molecule has 0 atom stereocenters. The molecule has 0 unspecified atom stereocenters. The van der Waals surface area contributed by atoms with Gasteiger partial charge in [-0.25, -0.2) is 9.59 Å². The zero-order valence-corrected chi connectivity index (χ0v) is 5.85. The first-order chi connectivity index (χ1) is 5.16. The van der Waals surface area contributed by atoms with Gasteiger partial charge in [-0.1, -0.05) is 5.11 Å². The quantitative estimate of drug-likeness (QED) is 0.618. The topological polar surface area (TPSA) is 88.3 Å². The number of aliphatic carboxylic acids is 1. The number of azo groups is 1. The summed E-state index contributed by atoms with van der Waals surface area (Å²) >= 11 is 0. The van der Waals surface area contributed by atoms with Crippen molar-refractivity contribution in [1.82, 2.24) is 0 Å². The minimum Gasteiger partial charge on any atom is -0.480 e. The lowest BCUT2D eigenvalue weighted by atomic mass is 10.7. The normalized spacial score (nSPS) is 9.91. The molecule has 0 aliphatic rings. The SMILES string of the molecule is CCOC(=O)N=N[CH]C(=O)O. The van der Waals surface area contributed by atoms with Crippen LogP contribution in [0.3, 0.4) is 0 Å². The van der Waals surface area contributed by atoms with E-state index < -0.39 is 12.1 Å². The van der Waals surface area contributed by atoms with Gasteiger partial charge in [-0.15, -0.1) is 0 Å². The molecule has 0 aromatic rings. The van der Waals surface area contributed by atoms with Crippen molar-refractivity contribution in [3.05, 3.63) is 6.54 Å². The number of carboxylic acids is 1. The highest BCUT2D eigenvalue weighted by Gasteiger charge is 1.97. The van der Waals surface area contributed by atoms with Gasteiger partial charge in [-0.3, -0.25) is 0 Å². The van der Waals surface area contributed by atoms with Crippen molar-refractivity contribution < 1.29 is 19.4 Å². The predicted molar refractivity (Wildman–Crippen MR) is 33.8 cm³/mol. The van der Waals surface area contributed by atoms with Gasteiger partial charge < -0.3 is 9.84 Å². The van der Waals surface area contributed by atoms with Crippen molar-refractivity contribution in [1.29, 1.82) is 0 Å². The first-order valence-electron chi connectivity index (χ1n) is 2.80. The summed E-state index contributed by atoms with van der Waals surface area (Å²) in [6.07, 6.45) is -0.898. The molecule has 0 rings (SSSR count). The molecule has 1 radical (unpaired) electrons. The number of carbonyl (C=O) groups excluding carboxylic acids is 1. The summed E-state index contributed by atoms with van der Waals surface area (Å²) in [6, 6.07) is 0. The number of hydrogen-bond donors (Lipinski definition) is 1. The minimum absolute atomic E-state index is 0.185. The molecule has 0 bridgehead atoms. The third kappa shape index (κ3) is 6.42. The first kappa shape index (κ1) is 9.54. The largest absolute Gasteiger partial charge is 0.480 e. The molecular formula is C5H7N2O4. The van der Waals surface area contributed by atoms with Gasteiger partial charge in [0.1, 0.15) is 0 Å². The standard InChI is InChI=1S/C5H7N2O4/c1-2-11-5(10)7-6-3-4(8)9/h3H,2H2,1H3,(H,8,9). The summed E-state index contributed by atoms with van der Waals surface area (Å²) in [5.74, 6) is -1.27. The monoisotopic (exact) mass is 159 g/mol. The molecule has 0 saturated heterocycles. The highest BCUT2D eigenvalue weighted by Crippen LogP contribution is 1.87. The van der Waals surface area contributed by atoms with Crippen molar-refractivity contribution in [2.24, 2.45) is 10.2 Å². The Morgan fingerprint density at radius 1 is 1.64 bits per heavy atom. The van der Waals surface area contributed by atoms with E-state index >= 15 is 0 Å². The van der Waals surface area contributed by atoms with Gasteiger partial charge in [0, 0.05) is 0 Å². The van der Waals surface area contributed by atoms with Crippen LogP contribution in [0.1, 0.15) is 6.92 Å². The lowest BCUT2D eigenvalue weighted by Gasteiger charge is -1.90. The third-order valence-corrected chi connectivity index (χ3v) is 0.575. The predicted octanol–water partition coefficient (Wildman–Crippen LogP) is 0.841. The molecule has 0 fully saturated rings. The highest BCUT2D eigenvalue weighted by molar-refractivity contribution is 5.76. The Labute approximate surface area is 62.9 Å². The summed E-state index contributed by atoms with van der Waals surface area (Å²) in [6.45, 7) is 2.29. The number of carbonyl (C=O) groups is 2. The van der Waals surface area contributed by atoms with Gasteiger partial charge in [-0.05, 0) is 6.92 Å². The molecule has 0 aromatic heterocycles. The number of hydrogen-bond acceptors (Lipinski definition) is 4. The fraction of sp³-hybridized carbons (Fsp3) is 0.400. The maximum Gasteiger partial charge on any atom is 0.452 e. The summed E-state index contributed by atoms with van der Waals surface area (Å²) in [7, 11) is 0. The number of rotatable bonds is 3. The molecule has 0 heterocycles. The van der Waals surface area contributed by atoms with E-state index in [2.05, 4.69) is 15.0 Å². The van der Waals surface area contributed by atoms with E-state index in [1.54, 1.807) is 6.92 Å². The van der Waals surface area contributed by atoms with Gasteiger partial charge in [-0.2, -0.15) is 5.11 Å². The molecule has 1 N–H and O–H groups in total. The van der Waals surface area contributed by atoms with Crippen LogP contribution >= 0.6 is 0 Å². The average Bonchev–Trinajstić information content (AvgIpc) is 1.87. The van der Waals surface area contributed by atoms with E-state index in [1.165, 1.54) is 0 Å². The Morgan fingerprint density at radius 3 is 2.73 bits per heavy atom. The van der Waals surface area contributed by atoms with Crippen LogP contribution in [0.25, 0.3) is 0 Å². The van der Waals surface area contributed by atoms with Crippen molar-refractivity contribution in [2.45, 2.75) is 6.92 Å². The summed E-state index contributed by atoms with van der Waals surface area (Å²) in [5.41, 5.74) is 0. The van der Waals surface area contributed by atoms with Gasteiger partial charge in [0.2, 0.25) is 6.54 Å². The van der Waals surface area contributed by atoms with Crippen molar-refractivity contribution in [3.8, 4) is 0 Å². The highest BCUT2D eigenvalue weighted by atomic mass is 16.5. The fourth-order valence-corrected chi connectivity index (χ4v) is 0.278. The Balaban J connectivity index is 3.56. The molecule has 0 aromatic carbocycles. The third-order valence-electron chi connectivity index (χ3n) is 0.575. The zero-order valence-electron chi connectivity index (χ0n) is 5.85. The van der Waals surface area contributed by atoms with Crippen molar-refractivity contribution in [2.75, 3.05) is 6.61 Å². The second-order valence-corrected chi connectivity index (χ2v) is 1.38. The van der Waals surface area contributed by atoms with Gasteiger partial charge >= 0.3 is 12.1 Å². The van der Waals surface area contributed by atoms with Crippen LogP contribution in [0.2, 0.25) is 0 Å². The lowest BCUT2D eigenvalue weighted by molar-refractivity contribution is -0.133. The van der Waals surface area contributed by atoms with Crippen LogP contribution in [0.5, 0.6) is 0 Å². The minimum atomic E-state index is -1.27. The van der Waals surface area contributed by atoms with Crippen LogP contribution in [0, 0.1) is 6.54 Å². The fourth-order valence-electron chi connectivity index (χ4n) is 0.278. The van der Waals surface area contributed by atoms with E-state index in [0.717, 1.165) is 0 Å². The van der Waals surface area contributed by atoms with Gasteiger partial charge in [0.05, 0.1) is 6.61 Å². The van der Waals surface area contributed by atoms with E-state index in [-0.39, 0.29) is 6.61 Å². The summed E-state index contributed by atoms with van der Waals surface area (Å²) in [4.78, 5) is 20.1. The molecule has 0 spiro atoms. The molecule has 1 amide bonds. The summed E-state index contributed by atoms with van der Waals surface area (Å²) < 4.78 is 4.31. The number of carboxylic acid groups (broad SMARTS) is 1. The molecule has 0 aliphatic carbocycles. The van der Waals surface area contributed by atoms with E-state index in [0.29, 0.717) is 6.54 Å². The second-order valence-electron chi connectivity index (χ2n) is 1.38. The summed E-state index contributed by atoms with van der Waals surface area (Å²) in [5, 5.41) is 13.8. The molecule has 0 aliphatic heterocycles. The van der Waals surface area contributed by atoms with Crippen LogP contribution in [-0.4, -0.2) is 23.8 Å². The average molecular weight is 159 g/mol. The molecule has 0 saturated carbocycles. The van der Waals surface area contributed by atoms with Crippen LogP contribution < -0.4 is 0 Å². The van der Waals surface area contributed by atoms with Crippen LogP contribution in [-0.2, 0) is 9.53 Å². The molecule has 61 valence electrons. The lowest BCUT2D eigenvalue weighted by Crippen LogP contribution is -1.97. The van der Waals surface area contributed by atoms with Crippen molar-refractivity contribution >= 4 is 12.1 Å². The number of nitrogens with zero attached hydrogens (tertiary/aromatic N) is 2. The first-order valence-corrected chi connectivity index (χ1v) is 2.80. The van der Waals surface area contributed by atoms with Crippen molar-refractivity contribution in [3.63, 3.8) is 0 Å². The van der Waals surface area contributed by atoms with E-state index in [1.807, 2.05) is 0 Å². The van der Waals surface area contributed by atoms with E-state index in [9.17, 15) is 9.59 Å². The Kier molecular flexibility index (Phi) is 4.63. The molecule has 6 nitrogen and oxygen atoms in total. The van der Waals surface area contributed by atoms with Crippen LogP contribution in [0.15, 0.2) is 10.2 Å². The smallest absolute Gasteiger partial charge is 0.452 e. The number of amides is 1. The Bertz CT molecular complexity index is 177. The van der Waals surface area contributed by atoms with Crippen LogP contribution in [0.4, 0.5) is 4.79 Å². The Hall–Kier alpha value is -1.46. The van der Waals surface area contributed by atoms with Gasteiger partial charge in [0.25, 0.3) is 0 Å². The Morgan fingerprint density at radius 2 is 2.27 bits per heavy atom. The molecular weight excluding hydrogens is 152 g/mol. The number of ether oxygens (including phenoxy) is 1. The zero-order chi connectivity index (χ0) is 8.69.